The highest BCUT2D eigenvalue weighted by atomic mass is 19.3. The lowest BCUT2D eigenvalue weighted by molar-refractivity contribution is -0.0513. The standard InChI is InChI=1S/C11H14F2N2/c1-7(2)11(12,13)9-3-4-10(15)8(5-9)6-14/h3-7,14H,15H2,1-2H3. The molecule has 0 saturated heterocycles. The number of halogens is 2. The first-order chi connectivity index (χ1) is 6.89. The summed E-state index contributed by atoms with van der Waals surface area (Å²) in [7, 11) is 0. The molecule has 0 saturated carbocycles. The molecule has 1 aromatic carbocycles. The van der Waals surface area contributed by atoms with E-state index in [1.54, 1.807) is 0 Å². The van der Waals surface area contributed by atoms with E-state index in [1.807, 2.05) is 0 Å². The van der Waals surface area contributed by atoms with Crippen molar-refractivity contribution < 1.29 is 8.78 Å². The van der Waals surface area contributed by atoms with Gasteiger partial charge in [0.05, 0.1) is 0 Å². The number of anilines is 1. The minimum atomic E-state index is -2.88. The van der Waals surface area contributed by atoms with Gasteiger partial charge in [0, 0.05) is 28.9 Å². The highest BCUT2D eigenvalue weighted by Crippen LogP contribution is 2.36. The zero-order valence-electron chi connectivity index (χ0n) is 8.72. The molecule has 0 aromatic heterocycles. The molecule has 0 spiro atoms. The summed E-state index contributed by atoms with van der Waals surface area (Å²) in [5, 5.41) is 7.04. The van der Waals surface area contributed by atoms with Crippen molar-refractivity contribution in [3.8, 4) is 0 Å². The molecular formula is C11H14F2N2. The largest absolute Gasteiger partial charge is 0.398 e. The quantitative estimate of drug-likeness (QED) is 0.587. The number of alkyl halides is 2. The van der Waals surface area contributed by atoms with Gasteiger partial charge in [-0.3, -0.25) is 0 Å². The fraction of sp³-hybridized carbons (Fsp3) is 0.364. The second kappa shape index (κ2) is 3.96. The Hall–Kier alpha value is -1.45. The predicted octanol–water partition coefficient (Wildman–Crippen LogP) is 3.01. The first-order valence-corrected chi connectivity index (χ1v) is 4.68. The third-order valence-electron chi connectivity index (χ3n) is 2.35. The van der Waals surface area contributed by atoms with E-state index in [4.69, 9.17) is 11.1 Å². The Labute approximate surface area is 87.6 Å². The van der Waals surface area contributed by atoms with E-state index in [1.165, 1.54) is 32.0 Å². The van der Waals surface area contributed by atoms with E-state index in [2.05, 4.69) is 0 Å². The zero-order chi connectivity index (χ0) is 11.6. The fourth-order valence-electron chi connectivity index (χ4n) is 1.24. The van der Waals surface area contributed by atoms with Gasteiger partial charge in [-0.05, 0) is 12.1 Å². The lowest BCUT2D eigenvalue weighted by atomic mass is 9.96. The molecule has 1 rings (SSSR count). The van der Waals surface area contributed by atoms with Crippen LogP contribution in [0.5, 0.6) is 0 Å². The van der Waals surface area contributed by atoms with Crippen molar-refractivity contribution in [3.05, 3.63) is 29.3 Å². The van der Waals surface area contributed by atoms with Crippen molar-refractivity contribution in [2.75, 3.05) is 5.73 Å². The van der Waals surface area contributed by atoms with Gasteiger partial charge < -0.3 is 11.1 Å². The van der Waals surface area contributed by atoms with Crippen LogP contribution in [0.15, 0.2) is 18.2 Å². The van der Waals surface area contributed by atoms with Crippen molar-refractivity contribution in [1.29, 1.82) is 5.41 Å². The maximum absolute atomic E-state index is 13.6. The minimum absolute atomic E-state index is 0.0924. The van der Waals surface area contributed by atoms with Crippen LogP contribution in [0.4, 0.5) is 14.5 Å². The molecule has 1 aromatic rings. The summed E-state index contributed by atoms with van der Waals surface area (Å²) in [4.78, 5) is 0. The van der Waals surface area contributed by atoms with E-state index in [0.717, 1.165) is 6.21 Å². The smallest absolute Gasteiger partial charge is 0.275 e. The van der Waals surface area contributed by atoms with Crippen LogP contribution in [0.1, 0.15) is 25.0 Å². The van der Waals surface area contributed by atoms with Gasteiger partial charge in [0.2, 0.25) is 0 Å². The van der Waals surface area contributed by atoms with Crippen LogP contribution in [0, 0.1) is 11.3 Å². The summed E-state index contributed by atoms with van der Waals surface area (Å²) in [5.41, 5.74) is 6.10. The molecule has 0 aliphatic carbocycles. The van der Waals surface area contributed by atoms with E-state index < -0.39 is 11.8 Å². The van der Waals surface area contributed by atoms with Gasteiger partial charge in [-0.1, -0.05) is 19.9 Å². The topological polar surface area (TPSA) is 49.9 Å². The van der Waals surface area contributed by atoms with Crippen LogP contribution < -0.4 is 5.73 Å². The molecule has 4 heteroatoms. The average molecular weight is 212 g/mol. The van der Waals surface area contributed by atoms with Gasteiger partial charge in [-0.2, -0.15) is 0 Å². The summed E-state index contributed by atoms with van der Waals surface area (Å²) in [6.07, 6.45) is 0.981. The number of nitrogen functional groups attached to an aromatic ring is 1. The molecule has 82 valence electrons. The Morgan fingerprint density at radius 1 is 1.40 bits per heavy atom. The molecule has 2 nitrogen and oxygen atoms in total. The van der Waals surface area contributed by atoms with Gasteiger partial charge in [0.25, 0.3) is 5.92 Å². The molecule has 0 amide bonds. The molecular weight excluding hydrogens is 198 g/mol. The van der Waals surface area contributed by atoms with E-state index in [9.17, 15) is 8.78 Å². The summed E-state index contributed by atoms with van der Waals surface area (Å²) in [6.45, 7) is 2.92. The molecule has 0 heterocycles. The van der Waals surface area contributed by atoms with Gasteiger partial charge in [0.1, 0.15) is 0 Å². The molecule has 3 N–H and O–H groups in total. The second-order valence-corrected chi connectivity index (χ2v) is 3.77. The summed E-state index contributed by atoms with van der Waals surface area (Å²) in [6, 6.07) is 3.98. The van der Waals surface area contributed by atoms with Gasteiger partial charge in [-0.15, -0.1) is 0 Å². The van der Waals surface area contributed by atoms with Crippen LogP contribution in [0.2, 0.25) is 0 Å². The van der Waals surface area contributed by atoms with Crippen molar-refractivity contribution >= 4 is 11.9 Å². The third kappa shape index (κ3) is 2.14. The SMILES string of the molecule is CC(C)C(F)(F)c1ccc(N)c(C=N)c1. The molecule has 0 unspecified atom stereocenters. The molecule has 0 atom stereocenters. The highest BCUT2D eigenvalue weighted by molar-refractivity contribution is 5.85. The van der Waals surface area contributed by atoms with Gasteiger partial charge in [0.15, 0.2) is 0 Å². The first kappa shape index (κ1) is 11.6. The Balaban J connectivity index is 3.22. The highest BCUT2D eigenvalue weighted by Gasteiger charge is 2.35. The van der Waals surface area contributed by atoms with Crippen molar-refractivity contribution in [2.45, 2.75) is 19.8 Å². The van der Waals surface area contributed by atoms with Crippen LogP contribution in [0.25, 0.3) is 0 Å². The summed E-state index contributed by atoms with van der Waals surface area (Å²) >= 11 is 0. The monoisotopic (exact) mass is 212 g/mol. The molecule has 0 bridgehead atoms. The Kier molecular flexibility index (Phi) is 3.07. The number of benzene rings is 1. The molecule has 0 aliphatic heterocycles. The number of hydrogen-bond acceptors (Lipinski definition) is 2. The lowest BCUT2D eigenvalue weighted by Crippen LogP contribution is -2.21. The Bertz CT molecular complexity index is 373. The lowest BCUT2D eigenvalue weighted by Gasteiger charge is -2.21. The maximum atomic E-state index is 13.6. The minimum Gasteiger partial charge on any atom is -0.398 e. The molecule has 0 radical (unpaired) electrons. The normalized spacial score (nSPS) is 11.8. The third-order valence-corrected chi connectivity index (χ3v) is 2.35. The zero-order valence-corrected chi connectivity index (χ0v) is 8.72. The number of hydrogen-bond donors (Lipinski definition) is 2. The molecule has 0 aliphatic rings. The predicted molar refractivity (Wildman–Crippen MR) is 57.5 cm³/mol. The van der Waals surface area contributed by atoms with Crippen LogP contribution in [0.3, 0.4) is 0 Å². The Morgan fingerprint density at radius 3 is 2.47 bits per heavy atom. The number of nitrogens with two attached hydrogens (primary N) is 1. The van der Waals surface area contributed by atoms with E-state index in [-0.39, 0.29) is 5.56 Å². The van der Waals surface area contributed by atoms with Crippen molar-refractivity contribution in [2.24, 2.45) is 5.92 Å². The number of rotatable bonds is 3. The van der Waals surface area contributed by atoms with Gasteiger partial charge >= 0.3 is 0 Å². The maximum Gasteiger partial charge on any atom is 0.275 e. The fourth-order valence-corrected chi connectivity index (χ4v) is 1.24. The number of nitrogens with one attached hydrogen (secondary N) is 1. The summed E-state index contributed by atoms with van der Waals surface area (Å²) in [5.74, 6) is -3.66. The van der Waals surface area contributed by atoms with Crippen LogP contribution in [-0.4, -0.2) is 6.21 Å². The first-order valence-electron chi connectivity index (χ1n) is 4.68. The van der Waals surface area contributed by atoms with E-state index in [0.29, 0.717) is 11.3 Å². The van der Waals surface area contributed by atoms with Crippen molar-refractivity contribution in [3.63, 3.8) is 0 Å². The Morgan fingerprint density at radius 2 is 2.00 bits per heavy atom. The van der Waals surface area contributed by atoms with Gasteiger partial charge in [-0.25, -0.2) is 8.78 Å². The van der Waals surface area contributed by atoms with Crippen LogP contribution in [-0.2, 0) is 5.92 Å². The van der Waals surface area contributed by atoms with E-state index >= 15 is 0 Å². The average Bonchev–Trinajstić information content (AvgIpc) is 2.18. The van der Waals surface area contributed by atoms with Crippen LogP contribution >= 0.6 is 0 Å². The molecule has 0 fully saturated rings. The second-order valence-electron chi connectivity index (χ2n) is 3.77. The molecule has 15 heavy (non-hydrogen) atoms. The van der Waals surface area contributed by atoms with Crippen molar-refractivity contribution in [1.82, 2.24) is 0 Å². The summed E-state index contributed by atoms with van der Waals surface area (Å²) < 4.78 is 27.2.